The Kier molecular flexibility index (Phi) is 3.03. The first-order valence-electron chi connectivity index (χ1n) is 4.66. The summed E-state index contributed by atoms with van der Waals surface area (Å²) in [6.45, 7) is 4.43. The summed E-state index contributed by atoms with van der Waals surface area (Å²) in [7, 11) is 0. The zero-order chi connectivity index (χ0) is 9.97. The van der Waals surface area contributed by atoms with Crippen molar-refractivity contribution in [3.05, 3.63) is 17.8 Å². The monoisotopic (exact) mass is 224 g/mol. The van der Waals surface area contributed by atoms with Gasteiger partial charge in [0.05, 0.1) is 0 Å². The Morgan fingerprint density at radius 3 is 3.14 bits per heavy atom. The first-order chi connectivity index (χ1) is 6.81. The summed E-state index contributed by atoms with van der Waals surface area (Å²) in [5.74, 6) is 0. The van der Waals surface area contributed by atoms with Gasteiger partial charge >= 0.3 is 0 Å². The predicted molar refractivity (Wildman–Crippen MR) is 63.0 cm³/mol. The standard InChI is InChI=1S/C10H12N2S2/c1-3-7(2)14-10-8-4-5-13-9(8)11-6-12-10/h4-7H,3H2,1-2H3/t7-/m0/s1. The molecule has 74 valence electrons. The van der Waals surface area contributed by atoms with Crippen molar-refractivity contribution in [3.8, 4) is 0 Å². The van der Waals surface area contributed by atoms with Gasteiger partial charge in [-0.05, 0) is 17.9 Å². The Morgan fingerprint density at radius 1 is 1.50 bits per heavy atom. The van der Waals surface area contributed by atoms with E-state index in [0.717, 1.165) is 9.86 Å². The topological polar surface area (TPSA) is 25.8 Å². The molecule has 0 bridgehead atoms. The van der Waals surface area contributed by atoms with E-state index in [1.54, 1.807) is 17.7 Å². The number of hydrogen-bond acceptors (Lipinski definition) is 4. The van der Waals surface area contributed by atoms with Crippen LogP contribution in [0.15, 0.2) is 22.8 Å². The third kappa shape index (κ3) is 1.91. The van der Waals surface area contributed by atoms with Crippen LogP contribution in [-0.2, 0) is 0 Å². The molecule has 0 amide bonds. The van der Waals surface area contributed by atoms with Crippen molar-refractivity contribution in [2.45, 2.75) is 30.5 Å². The van der Waals surface area contributed by atoms with Gasteiger partial charge in [-0.15, -0.1) is 23.1 Å². The van der Waals surface area contributed by atoms with E-state index in [-0.39, 0.29) is 0 Å². The van der Waals surface area contributed by atoms with E-state index in [4.69, 9.17) is 0 Å². The van der Waals surface area contributed by atoms with Crippen LogP contribution in [0.3, 0.4) is 0 Å². The smallest absolute Gasteiger partial charge is 0.127 e. The van der Waals surface area contributed by atoms with Crippen molar-refractivity contribution < 1.29 is 0 Å². The molecule has 1 atom stereocenters. The summed E-state index contributed by atoms with van der Waals surface area (Å²) in [6.07, 6.45) is 2.82. The second-order valence-corrected chi connectivity index (χ2v) is 5.48. The van der Waals surface area contributed by atoms with Gasteiger partial charge < -0.3 is 0 Å². The minimum atomic E-state index is 0.619. The van der Waals surface area contributed by atoms with Crippen LogP contribution in [0.1, 0.15) is 20.3 Å². The number of thioether (sulfide) groups is 1. The van der Waals surface area contributed by atoms with E-state index in [0.29, 0.717) is 5.25 Å². The molecule has 4 heteroatoms. The van der Waals surface area contributed by atoms with E-state index in [9.17, 15) is 0 Å². The molecule has 0 spiro atoms. The Labute approximate surface area is 91.8 Å². The van der Waals surface area contributed by atoms with Gasteiger partial charge in [-0.1, -0.05) is 13.8 Å². The van der Waals surface area contributed by atoms with Crippen LogP contribution in [-0.4, -0.2) is 15.2 Å². The average molecular weight is 224 g/mol. The molecule has 0 fully saturated rings. The minimum absolute atomic E-state index is 0.619. The number of thiophene rings is 1. The lowest BCUT2D eigenvalue weighted by Gasteiger charge is -2.07. The summed E-state index contributed by atoms with van der Waals surface area (Å²) in [5.41, 5.74) is 0. The van der Waals surface area contributed by atoms with E-state index < -0.39 is 0 Å². The van der Waals surface area contributed by atoms with Crippen molar-refractivity contribution >= 4 is 33.3 Å². The molecule has 0 saturated heterocycles. The van der Waals surface area contributed by atoms with Crippen LogP contribution in [0, 0.1) is 0 Å². The van der Waals surface area contributed by atoms with Gasteiger partial charge in [0.15, 0.2) is 0 Å². The van der Waals surface area contributed by atoms with Gasteiger partial charge in [0.2, 0.25) is 0 Å². The lowest BCUT2D eigenvalue weighted by molar-refractivity contribution is 0.901. The lowest BCUT2D eigenvalue weighted by Crippen LogP contribution is -1.94. The molecule has 0 aromatic carbocycles. The Balaban J connectivity index is 2.36. The number of nitrogens with zero attached hydrogens (tertiary/aromatic N) is 2. The Hall–Kier alpha value is -0.610. The molecule has 2 aromatic rings. The fourth-order valence-electron chi connectivity index (χ4n) is 1.14. The van der Waals surface area contributed by atoms with E-state index >= 15 is 0 Å². The number of rotatable bonds is 3. The fraction of sp³-hybridized carbons (Fsp3) is 0.400. The molecule has 2 aromatic heterocycles. The summed E-state index contributed by atoms with van der Waals surface area (Å²) < 4.78 is 0. The first-order valence-corrected chi connectivity index (χ1v) is 6.42. The van der Waals surface area contributed by atoms with E-state index in [1.807, 2.05) is 11.8 Å². The van der Waals surface area contributed by atoms with E-state index in [1.165, 1.54) is 11.8 Å². The molecule has 2 heterocycles. The molecule has 0 unspecified atom stereocenters. The maximum absolute atomic E-state index is 4.33. The van der Waals surface area contributed by atoms with Gasteiger partial charge in [0.1, 0.15) is 16.2 Å². The molecular weight excluding hydrogens is 212 g/mol. The second kappa shape index (κ2) is 4.28. The summed E-state index contributed by atoms with van der Waals surface area (Å²) >= 11 is 3.50. The van der Waals surface area contributed by atoms with Gasteiger partial charge in [0, 0.05) is 10.6 Å². The molecule has 14 heavy (non-hydrogen) atoms. The highest BCUT2D eigenvalue weighted by Crippen LogP contribution is 2.30. The SMILES string of the molecule is CC[C@H](C)Sc1ncnc2sccc12. The maximum atomic E-state index is 4.33. The highest BCUT2D eigenvalue weighted by Gasteiger charge is 2.08. The Morgan fingerprint density at radius 2 is 2.36 bits per heavy atom. The average Bonchev–Trinajstić information content (AvgIpc) is 2.66. The van der Waals surface area contributed by atoms with Gasteiger partial charge in [-0.2, -0.15) is 0 Å². The lowest BCUT2D eigenvalue weighted by atomic mass is 10.4. The quantitative estimate of drug-likeness (QED) is 0.588. The van der Waals surface area contributed by atoms with Crippen molar-refractivity contribution in [2.24, 2.45) is 0 Å². The van der Waals surface area contributed by atoms with Crippen LogP contribution < -0.4 is 0 Å². The molecule has 0 aliphatic heterocycles. The number of fused-ring (bicyclic) bond motifs is 1. The van der Waals surface area contributed by atoms with Crippen molar-refractivity contribution in [1.29, 1.82) is 0 Å². The molecule has 0 aliphatic carbocycles. The molecule has 2 nitrogen and oxygen atoms in total. The molecule has 2 rings (SSSR count). The molecule has 0 saturated carbocycles. The largest absolute Gasteiger partial charge is 0.229 e. The number of hydrogen-bond donors (Lipinski definition) is 0. The fourth-order valence-corrected chi connectivity index (χ4v) is 2.88. The van der Waals surface area contributed by atoms with E-state index in [2.05, 4.69) is 35.3 Å². The third-order valence-corrected chi connectivity index (χ3v) is 4.22. The third-order valence-electron chi connectivity index (χ3n) is 2.11. The molecule has 0 aliphatic rings. The van der Waals surface area contributed by atoms with Gasteiger partial charge in [-0.25, -0.2) is 9.97 Å². The predicted octanol–water partition coefficient (Wildman–Crippen LogP) is 3.58. The van der Waals surface area contributed by atoms with Crippen LogP contribution in [0.2, 0.25) is 0 Å². The van der Waals surface area contributed by atoms with Crippen LogP contribution in [0.4, 0.5) is 0 Å². The number of aromatic nitrogens is 2. The second-order valence-electron chi connectivity index (χ2n) is 3.15. The molecular formula is C10H12N2S2. The van der Waals surface area contributed by atoms with Crippen LogP contribution >= 0.6 is 23.1 Å². The highest BCUT2D eigenvalue weighted by molar-refractivity contribution is 8.00. The highest BCUT2D eigenvalue weighted by atomic mass is 32.2. The van der Waals surface area contributed by atoms with Crippen LogP contribution in [0.5, 0.6) is 0 Å². The minimum Gasteiger partial charge on any atom is -0.229 e. The molecule has 0 radical (unpaired) electrons. The normalized spacial score (nSPS) is 13.3. The van der Waals surface area contributed by atoms with Crippen LogP contribution in [0.25, 0.3) is 10.2 Å². The first kappa shape index (κ1) is 9.93. The van der Waals surface area contributed by atoms with Crippen molar-refractivity contribution in [3.63, 3.8) is 0 Å². The summed E-state index contributed by atoms with van der Waals surface area (Å²) in [4.78, 5) is 9.64. The zero-order valence-electron chi connectivity index (χ0n) is 8.23. The maximum Gasteiger partial charge on any atom is 0.127 e. The summed E-state index contributed by atoms with van der Waals surface area (Å²) in [5, 5.41) is 5.00. The van der Waals surface area contributed by atoms with Crippen molar-refractivity contribution in [1.82, 2.24) is 9.97 Å². The zero-order valence-corrected chi connectivity index (χ0v) is 9.86. The summed E-state index contributed by atoms with van der Waals surface area (Å²) in [6, 6.07) is 2.10. The van der Waals surface area contributed by atoms with Gasteiger partial charge in [0.25, 0.3) is 0 Å². The molecule has 0 N–H and O–H groups in total. The van der Waals surface area contributed by atoms with Crippen molar-refractivity contribution in [2.75, 3.05) is 0 Å². The Bertz CT molecular complexity index is 425. The van der Waals surface area contributed by atoms with Gasteiger partial charge in [-0.3, -0.25) is 0 Å².